The van der Waals surface area contributed by atoms with E-state index in [0.717, 1.165) is 24.8 Å². The van der Waals surface area contributed by atoms with Crippen LogP contribution in [-0.4, -0.2) is 53.0 Å². The first-order valence-electron chi connectivity index (χ1n) is 14.4. The summed E-state index contributed by atoms with van der Waals surface area (Å²) < 4.78 is 6.48. The van der Waals surface area contributed by atoms with E-state index in [1.165, 1.54) is 0 Å². The highest BCUT2D eigenvalue weighted by Crippen LogP contribution is 2.55. The first-order valence-corrected chi connectivity index (χ1v) is 14.7. The molecule has 210 valence electrons. The summed E-state index contributed by atoms with van der Waals surface area (Å²) in [5.74, 6) is -1.35. The predicted molar refractivity (Wildman–Crippen MR) is 154 cm³/mol. The maximum atomic E-state index is 14.2. The van der Waals surface area contributed by atoms with Gasteiger partial charge in [0.1, 0.15) is 11.6 Å². The molecular formula is C32H36ClN3O4. The number of fused-ring (bicyclic) bond motifs is 1. The van der Waals surface area contributed by atoms with Crippen molar-refractivity contribution < 1.29 is 19.1 Å². The van der Waals surface area contributed by atoms with Crippen molar-refractivity contribution in [3.63, 3.8) is 0 Å². The number of hydrogen-bond acceptors (Lipinski definition) is 4. The molecule has 1 saturated carbocycles. The number of nitrogens with zero attached hydrogens (tertiary/aromatic N) is 1. The molecule has 2 aromatic carbocycles. The standard InChI is InChI=1S/C32H36ClN3O4/c1-19-7-6-10-24(20(19)2)35-30(38)28-32-17-15-25(40-32)26(29(37)34-23-13-11-22(33)12-14-23)27(32)31(39)36(28)18-16-21-8-4-3-5-9-21/h3-5,8-9,11-15,17,19-20,24-28H,6-7,10,16,18H2,1-2H3,(H,34,37)(H,35,38)/t19-,20+,24+,25+,26-,27+,28+,32+/m1/s1. The summed E-state index contributed by atoms with van der Waals surface area (Å²) >= 11 is 6.01. The van der Waals surface area contributed by atoms with E-state index in [1.807, 2.05) is 42.5 Å². The van der Waals surface area contributed by atoms with E-state index >= 15 is 0 Å². The summed E-state index contributed by atoms with van der Waals surface area (Å²) in [6, 6.07) is 16.0. The van der Waals surface area contributed by atoms with Crippen LogP contribution in [0.3, 0.4) is 0 Å². The monoisotopic (exact) mass is 561 g/mol. The quantitative estimate of drug-likeness (QED) is 0.483. The fourth-order valence-electron chi connectivity index (χ4n) is 7.21. The average Bonchev–Trinajstić information content (AvgIpc) is 3.59. The number of carbonyl (C=O) groups excluding carboxylic acids is 3. The minimum absolute atomic E-state index is 0.0457. The second-order valence-electron chi connectivity index (χ2n) is 11.8. The lowest BCUT2D eigenvalue weighted by atomic mass is 9.73. The Morgan fingerprint density at radius 2 is 1.80 bits per heavy atom. The van der Waals surface area contributed by atoms with Gasteiger partial charge in [0.05, 0.1) is 17.9 Å². The van der Waals surface area contributed by atoms with Crippen LogP contribution in [0.1, 0.15) is 38.7 Å². The van der Waals surface area contributed by atoms with Gasteiger partial charge in [-0.15, -0.1) is 0 Å². The zero-order valence-corrected chi connectivity index (χ0v) is 23.6. The lowest BCUT2D eigenvalue weighted by Crippen LogP contribution is -2.58. The second-order valence-corrected chi connectivity index (χ2v) is 12.3. The molecule has 6 rings (SSSR count). The Kier molecular flexibility index (Phi) is 7.21. The molecule has 2 N–H and O–H groups in total. The third kappa shape index (κ3) is 4.63. The van der Waals surface area contributed by atoms with Crippen molar-refractivity contribution in [3.8, 4) is 0 Å². The molecule has 3 aliphatic heterocycles. The highest BCUT2D eigenvalue weighted by Gasteiger charge is 2.72. The fraction of sp³-hybridized carbons (Fsp3) is 0.469. The lowest BCUT2D eigenvalue weighted by Gasteiger charge is -2.38. The van der Waals surface area contributed by atoms with Crippen molar-refractivity contribution in [1.82, 2.24) is 10.2 Å². The SMILES string of the molecule is C[C@H]1[C@H](C)CCC[C@@H]1NC(=O)[C@@H]1N(CCc2ccccc2)C(=O)[C@@H]2[C@H](C(=O)Nc3ccc(Cl)cc3)[C@@H]3C=C[C@]21O3. The van der Waals surface area contributed by atoms with Gasteiger partial charge in [-0.3, -0.25) is 14.4 Å². The topological polar surface area (TPSA) is 87.7 Å². The van der Waals surface area contributed by atoms with Crippen molar-refractivity contribution >= 4 is 35.0 Å². The number of benzene rings is 2. The Labute approximate surface area is 240 Å². The number of halogens is 1. The molecule has 8 heteroatoms. The normalized spacial score (nSPS) is 34.1. The van der Waals surface area contributed by atoms with Crippen LogP contribution in [0.15, 0.2) is 66.7 Å². The number of rotatable bonds is 7. The molecule has 0 aromatic heterocycles. The highest BCUT2D eigenvalue weighted by atomic mass is 35.5. The van der Waals surface area contributed by atoms with Crippen LogP contribution in [0.4, 0.5) is 5.69 Å². The van der Waals surface area contributed by atoms with Crippen LogP contribution in [0, 0.1) is 23.7 Å². The number of hydrogen-bond donors (Lipinski definition) is 2. The molecule has 3 fully saturated rings. The first kappa shape index (κ1) is 27.0. The molecule has 1 aliphatic carbocycles. The smallest absolute Gasteiger partial charge is 0.246 e. The Morgan fingerprint density at radius 1 is 1.05 bits per heavy atom. The van der Waals surface area contributed by atoms with Gasteiger partial charge < -0.3 is 20.3 Å². The third-order valence-electron chi connectivity index (χ3n) is 9.56. The molecule has 2 aromatic rings. The summed E-state index contributed by atoms with van der Waals surface area (Å²) in [7, 11) is 0. The van der Waals surface area contributed by atoms with Crippen LogP contribution in [0.25, 0.3) is 0 Å². The molecule has 4 aliphatic rings. The van der Waals surface area contributed by atoms with Gasteiger partial charge in [-0.1, -0.05) is 80.8 Å². The van der Waals surface area contributed by atoms with Gasteiger partial charge >= 0.3 is 0 Å². The van der Waals surface area contributed by atoms with E-state index in [-0.39, 0.29) is 23.8 Å². The molecule has 3 heterocycles. The van der Waals surface area contributed by atoms with Gasteiger partial charge in [0.25, 0.3) is 0 Å². The number of carbonyl (C=O) groups is 3. The van der Waals surface area contributed by atoms with Crippen LogP contribution < -0.4 is 10.6 Å². The zero-order valence-electron chi connectivity index (χ0n) is 22.9. The van der Waals surface area contributed by atoms with E-state index in [1.54, 1.807) is 29.2 Å². The lowest BCUT2D eigenvalue weighted by molar-refractivity contribution is -0.141. The maximum Gasteiger partial charge on any atom is 0.246 e. The molecule has 40 heavy (non-hydrogen) atoms. The second kappa shape index (κ2) is 10.7. The molecule has 0 unspecified atom stereocenters. The Balaban J connectivity index is 1.29. The van der Waals surface area contributed by atoms with E-state index in [2.05, 4.69) is 24.5 Å². The number of anilines is 1. The number of likely N-dealkylation sites (tertiary alicyclic amines) is 1. The fourth-order valence-corrected chi connectivity index (χ4v) is 7.33. The van der Waals surface area contributed by atoms with Crippen LogP contribution in [-0.2, 0) is 25.5 Å². The van der Waals surface area contributed by atoms with Crippen molar-refractivity contribution in [3.05, 3.63) is 77.3 Å². The van der Waals surface area contributed by atoms with Gasteiger partial charge in [0.15, 0.2) is 0 Å². The maximum absolute atomic E-state index is 14.2. The van der Waals surface area contributed by atoms with Gasteiger partial charge in [0, 0.05) is 23.3 Å². The summed E-state index contributed by atoms with van der Waals surface area (Å²) in [6.07, 6.45) is 6.89. The van der Waals surface area contributed by atoms with Gasteiger partial charge in [-0.2, -0.15) is 0 Å². The minimum atomic E-state index is -1.17. The largest absolute Gasteiger partial charge is 0.359 e. The van der Waals surface area contributed by atoms with Crippen molar-refractivity contribution in [2.75, 3.05) is 11.9 Å². The molecule has 8 atom stereocenters. The van der Waals surface area contributed by atoms with E-state index in [0.29, 0.717) is 35.5 Å². The predicted octanol–water partition coefficient (Wildman–Crippen LogP) is 4.61. The van der Waals surface area contributed by atoms with Crippen LogP contribution >= 0.6 is 11.6 Å². The van der Waals surface area contributed by atoms with E-state index < -0.39 is 29.6 Å². The zero-order chi connectivity index (χ0) is 28.0. The Hall–Kier alpha value is -3.16. The highest BCUT2D eigenvalue weighted by molar-refractivity contribution is 6.30. The Morgan fingerprint density at radius 3 is 2.55 bits per heavy atom. The number of nitrogens with one attached hydrogen (secondary N) is 2. The number of ether oxygens (including phenoxy) is 1. The van der Waals surface area contributed by atoms with E-state index in [9.17, 15) is 14.4 Å². The van der Waals surface area contributed by atoms with Crippen molar-refractivity contribution in [1.29, 1.82) is 0 Å². The molecule has 0 radical (unpaired) electrons. The van der Waals surface area contributed by atoms with Gasteiger partial charge in [0.2, 0.25) is 17.7 Å². The molecule has 1 spiro atoms. The van der Waals surface area contributed by atoms with Crippen LogP contribution in [0.5, 0.6) is 0 Å². The third-order valence-corrected chi connectivity index (χ3v) is 9.81. The molecule has 7 nitrogen and oxygen atoms in total. The summed E-state index contributed by atoms with van der Waals surface area (Å²) in [6.45, 7) is 4.79. The van der Waals surface area contributed by atoms with Gasteiger partial charge in [-0.05, 0) is 54.5 Å². The Bertz CT molecular complexity index is 1320. The average molecular weight is 562 g/mol. The summed E-state index contributed by atoms with van der Waals surface area (Å²) in [4.78, 5) is 43.6. The molecular weight excluding hydrogens is 526 g/mol. The van der Waals surface area contributed by atoms with E-state index in [4.69, 9.17) is 16.3 Å². The molecule has 3 amide bonds. The molecule has 2 bridgehead atoms. The van der Waals surface area contributed by atoms with Crippen molar-refractivity contribution in [2.45, 2.75) is 63.3 Å². The number of amides is 3. The summed E-state index contributed by atoms with van der Waals surface area (Å²) in [5, 5.41) is 6.81. The first-order chi connectivity index (χ1) is 19.3. The summed E-state index contributed by atoms with van der Waals surface area (Å²) in [5.41, 5.74) is 0.501. The molecule has 2 saturated heterocycles. The van der Waals surface area contributed by atoms with Crippen LogP contribution in [0.2, 0.25) is 5.02 Å². The minimum Gasteiger partial charge on any atom is -0.359 e. The van der Waals surface area contributed by atoms with Crippen molar-refractivity contribution in [2.24, 2.45) is 23.7 Å². The van der Waals surface area contributed by atoms with Gasteiger partial charge in [-0.25, -0.2) is 0 Å².